The molecule has 2 atom stereocenters. The van der Waals surface area contributed by atoms with Crippen molar-refractivity contribution < 1.29 is 33.6 Å². The lowest BCUT2D eigenvalue weighted by atomic mass is 9.82. The van der Waals surface area contributed by atoms with Crippen molar-refractivity contribution in [3.8, 4) is 28.5 Å². The SMILES string of the molecule is COc1cc(C(=O)CC(C)[C@](C)(O)c2ccc(OC)c(-c3ccc(F)c(C)c3)n2)ccc1OCCO. The molecule has 2 N–H and O–H groups in total. The van der Waals surface area contributed by atoms with E-state index < -0.39 is 11.5 Å². The summed E-state index contributed by atoms with van der Waals surface area (Å²) in [5.41, 5.74) is 0.931. The van der Waals surface area contributed by atoms with Crippen LogP contribution in [-0.4, -0.2) is 48.4 Å². The molecule has 0 spiro atoms. The minimum absolute atomic E-state index is 0.0473. The van der Waals surface area contributed by atoms with Crippen molar-refractivity contribution in [3.05, 3.63) is 71.2 Å². The number of aliphatic hydroxyl groups is 2. The Morgan fingerprint density at radius 3 is 2.39 bits per heavy atom. The molecule has 1 heterocycles. The summed E-state index contributed by atoms with van der Waals surface area (Å²) in [5.74, 6) is 0.291. The smallest absolute Gasteiger partial charge is 0.163 e. The predicted octanol–water partition coefficient (Wildman–Crippen LogP) is 4.70. The number of aryl methyl sites for hydroxylation is 1. The second kappa shape index (κ2) is 11.5. The van der Waals surface area contributed by atoms with Gasteiger partial charge in [-0.05, 0) is 73.9 Å². The molecule has 0 amide bonds. The van der Waals surface area contributed by atoms with Crippen LogP contribution in [0.4, 0.5) is 4.39 Å². The van der Waals surface area contributed by atoms with Crippen LogP contribution in [0.1, 0.15) is 41.9 Å². The fourth-order valence-corrected chi connectivity index (χ4v) is 3.85. The fourth-order valence-electron chi connectivity index (χ4n) is 3.85. The molecule has 36 heavy (non-hydrogen) atoms. The van der Waals surface area contributed by atoms with Gasteiger partial charge in [-0.25, -0.2) is 9.37 Å². The largest absolute Gasteiger partial charge is 0.494 e. The van der Waals surface area contributed by atoms with Crippen LogP contribution in [0.25, 0.3) is 11.3 Å². The predicted molar refractivity (Wildman–Crippen MR) is 134 cm³/mol. The highest BCUT2D eigenvalue weighted by molar-refractivity contribution is 5.97. The summed E-state index contributed by atoms with van der Waals surface area (Å²) in [6.07, 6.45) is 0.0473. The van der Waals surface area contributed by atoms with Gasteiger partial charge in [0.05, 0.1) is 26.5 Å². The number of nitrogens with zero attached hydrogens (tertiary/aromatic N) is 1. The molecular weight excluding hydrogens is 465 g/mol. The van der Waals surface area contributed by atoms with E-state index in [0.29, 0.717) is 45.3 Å². The van der Waals surface area contributed by atoms with Crippen molar-refractivity contribution in [1.29, 1.82) is 0 Å². The van der Waals surface area contributed by atoms with E-state index in [9.17, 15) is 14.3 Å². The number of rotatable bonds is 11. The van der Waals surface area contributed by atoms with Gasteiger partial charge in [-0.1, -0.05) is 6.92 Å². The maximum Gasteiger partial charge on any atom is 0.163 e. The van der Waals surface area contributed by atoms with Crippen LogP contribution < -0.4 is 14.2 Å². The molecule has 2 aromatic carbocycles. The van der Waals surface area contributed by atoms with Crippen LogP contribution in [-0.2, 0) is 5.60 Å². The average Bonchev–Trinajstić information content (AvgIpc) is 2.88. The van der Waals surface area contributed by atoms with Crippen LogP contribution in [0, 0.1) is 18.7 Å². The third kappa shape index (κ3) is 5.83. The van der Waals surface area contributed by atoms with Crippen molar-refractivity contribution in [2.45, 2.75) is 32.8 Å². The number of ketones is 1. The van der Waals surface area contributed by atoms with Gasteiger partial charge in [-0.3, -0.25) is 4.79 Å². The average molecular weight is 498 g/mol. The molecule has 0 radical (unpaired) electrons. The van der Waals surface area contributed by atoms with Gasteiger partial charge in [0.25, 0.3) is 0 Å². The molecule has 1 unspecified atom stereocenters. The Morgan fingerprint density at radius 1 is 1.06 bits per heavy atom. The summed E-state index contributed by atoms with van der Waals surface area (Å²) < 4.78 is 30.0. The highest BCUT2D eigenvalue weighted by Crippen LogP contribution is 2.36. The number of halogens is 1. The maximum absolute atomic E-state index is 13.8. The second-order valence-electron chi connectivity index (χ2n) is 8.82. The van der Waals surface area contributed by atoms with E-state index >= 15 is 0 Å². The minimum atomic E-state index is -1.44. The van der Waals surface area contributed by atoms with Gasteiger partial charge in [0.1, 0.15) is 29.5 Å². The molecule has 0 aliphatic rings. The van der Waals surface area contributed by atoms with E-state index in [1.807, 2.05) is 0 Å². The Labute approximate surface area is 210 Å². The quantitative estimate of drug-likeness (QED) is 0.371. The number of carbonyl (C=O) groups excluding carboxylic acids is 1. The molecule has 0 saturated carbocycles. The van der Waals surface area contributed by atoms with Gasteiger partial charge in [-0.2, -0.15) is 0 Å². The molecule has 3 aromatic rings. The lowest BCUT2D eigenvalue weighted by molar-refractivity contribution is -0.00434. The molecule has 0 aliphatic carbocycles. The van der Waals surface area contributed by atoms with Crippen molar-refractivity contribution in [2.75, 3.05) is 27.4 Å². The number of hydrogen-bond donors (Lipinski definition) is 2. The van der Waals surface area contributed by atoms with Gasteiger partial charge in [0.15, 0.2) is 17.3 Å². The van der Waals surface area contributed by atoms with Crippen LogP contribution in [0.3, 0.4) is 0 Å². The summed E-state index contributed by atoms with van der Waals surface area (Å²) in [4.78, 5) is 17.7. The number of hydrogen-bond acceptors (Lipinski definition) is 7. The third-order valence-corrected chi connectivity index (χ3v) is 6.31. The van der Waals surface area contributed by atoms with Crippen LogP contribution in [0.2, 0.25) is 0 Å². The fraction of sp³-hybridized carbons (Fsp3) is 0.357. The number of ether oxygens (including phenoxy) is 3. The monoisotopic (exact) mass is 497 g/mol. The van der Waals surface area contributed by atoms with Crippen LogP contribution >= 0.6 is 0 Å². The van der Waals surface area contributed by atoms with Crippen molar-refractivity contribution in [1.82, 2.24) is 4.98 Å². The first-order chi connectivity index (χ1) is 17.1. The van der Waals surface area contributed by atoms with Gasteiger partial charge in [-0.15, -0.1) is 0 Å². The number of benzene rings is 2. The Balaban J connectivity index is 1.86. The highest BCUT2D eigenvalue weighted by atomic mass is 19.1. The lowest BCUT2D eigenvalue weighted by Crippen LogP contribution is -2.32. The van der Waals surface area contributed by atoms with Crippen molar-refractivity contribution in [3.63, 3.8) is 0 Å². The number of aromatic nitrogens is 1. The topological polar surface area (TPSA) is 98.1 Å². The zero-order valence-corrected chi connectivity index (χ0v) is 21.2. The zero-order valence-electron chi connectivity index (χ0n) is 21.2. The number of carbonyl (C=O) groups is 1. The van der Waals surface area contributed by atoms with Gasteiger partial charge >= 0.3 is 0 Å². The van der Waals surface area contributed by atoms with Gasteiger partial charge in [0, 0.05) is 17.5 Å². The molecule has 192 valence electrons. The molecule has 0 bridgehead atoms. The maximum atomic E-state index is 13.8. The molecule has 1 aromatic heterocycles. The first-order valence-corrected chi connectivity index (χ1v) is 11.6. The second-order valence-corrected chi connectivity index (χ2v) is 8.82. The van der Waals surface area contributed by atoms with E-state index in [4.69, 9.17) is 19.3 Å². The van der Waals surface area contributed by atoms with Crippen molar-refractivity contribution in [2.24, 2.45) is 5.92 Å². The molecule has 0 fully saturated rings. The minimum Gasteiger partial charge on any atom is -0.494 e. The Hall–Kier alpha value is -3.49. The third-order valence-electron chi connectivity index (χ3n) is 6.31. The van der Waals surface area contributed by atoms with E-state index in [0.717, 1.165) is 0 Å². The Bertz CT molecular complexity index is 1230. The van der Waals surface area contributed by atoms with Gasteiger partial charge < -0.3 is 24.4 Å². The zero-order chi connectivity index (χ0) is 26.5. The molecule has 7 nitrogen and oxygen atoms in total. The number of pyridine rings is 1. The summed E-state index contributed by atoms with van der Waals surface area (Å²) in [7, 11) is 2.99. The number of Topliss-reactive ketones (excluding diaryl/α,β-unsaturated/α-hetero) is 1. The molecular formula is C28H32FNO6. The lowest BCUT2D eigenvalue weighted by Gasteiger charge is -2.30. The first-order valence-electron chi connectivity index (χ1n) is 11.6. The summed E-state index contributed by atoms with van der Waals surface area (Å²) in [6.45, 7) is 5.03. The molecule has 0 aliphatic heterocycles. The Morgan fingerprint density at radius 2 is 1.75 bits per heavy atom. The molecule has 0 saturated heterocycles. The van der Waals surface area contributed by atoms with E-state index in [2.05, 4.69) is 4.98 Å². The van der Waals surface area contributed by atoms with Gasteiger partial charge in [0.2, 0.25) is 0 Å². The van der Waals surface area contributed by atoms with Crippen LogP contribution in [0.15, 0.2) is 48.5 Å². The summed E-state index contributed by atoms with van der Waals surface area (Å²) >= 11 is 0. The van der Waals surface area contributed by atoms with E-state index in [-0.39, 0.29) is 31.2 Å². The summed E-state index contributed by atoms with van der Waals surface area (Å²) in [6, 6.07) is 12.8. The molecule has 8 heteroatoms. The van der Waals surface area contributed by atoms with Crippen molar-refractivity contribution >= 4 is 5.78 Å². The first kappa shape index (κ1) is 27.1. The Kier molecular flexibility index (Phi) is 8.66. The normalized spacial score (nSPS) is 13.6. The number of methoxy groups -OCH3 is 2. The molecule has 3 rings (SSSR count). The number of aliphatic hydroxyl groups excluding tert-OH is 1. The standard InChI is InChI=1S/C28H32FNO6/c1-17-14-20(6-8-21(17)29)27-24(34-4)10-11-26(30-27)28(3,33)18(2)15-22(32)19-7-9-23(36-13-12-31)25(16-19)35-5/h6-11,14,16,18,31,33H,12-13,15H2,1-5H3/t18?,28-/m0/s1. The van der Waals surface area contributed by atoms with E-state index in [1.54, 1.807) is 63.2 Å². The highest BCUT2D eigenvalue weighted by Gasteiger charge is 2.34. The summed E-state index contributed by atoms with van der Waals surface area (Å²) in [5, 5.41) is 20.4. The van der Waals surface area contributed by atoms with E-state index in [1.165, 1.54) is 20.3 Å². The van der Waals surface area contributed by atoms with Crippen LogP contribution in [0.5, 0.6) is 17.2 Å².